The topological polar surface area (TPSA) is 141 Å². The quantitative estimate of drug-likeness (QED) is 0.302. The summed E-state index contributed by atoms with van der Waals surface area (Å²) >= 11 is 12.7. The number of halogens is 2. The number of carbonyl (C=O) groups is 1. The van der Waals surface area contributed by atoms with Crippen LogP contribution in [0.25, 0.3) is 11.3 Å². The van der Waals surface area contributed by atoms with Crippen molar-refractivity contribution in [1.29, 1.82) is 0 Å². The first-order valence-corrected chi connectivity index (χ1v) is 18.0. The summed E-state index contributed by atoms with van der Waals surface area (Å²) in [6, 6.07) is 9.30. The molecule has 1 aliphatic carbocycles. The Labute approximate surface area is 278 Å². The summed E-state index contributed by atoms with van der Waals surface area (Å²) in [6.07, 6.45) is 6.49. The van der Waals surface area contributed by atoms with Crippen LogP contribution in [0.3, 0.4) is 0 Å². The highest BCUT2D eigenvalue weighted by atomic mass is 35.5. The zero-order chi connectivity index (χ0) is 32.4. The average molecular weight is 691 g/mol. The lowest BCUT2D eigenvalue weighted by Crippen LogP contribution is -2.47. The summed E-state index contributed by atoms with van der Waals surface area (Å²) in [5.74, 6) is 1.40. The molecule has 2 aliphatic heterocycles. The van der Waals surface area contributed by atoms with Gasteiger partial charge < -0.3 is 14.7 Å². The van der Waals surface area contributed by atoms with E-state index in [1.807, 2.05) is 24.3 Å². The van der Waals surface area contributed by atoms with Crippen molar-refractivity contribution in [2.45, 2.75) is 31.8 Å². The Morgan fingerprint density at radius 2 is 1.61 bits per heavy atom. The third-order valence-corrected chi connectivity index (χ3v) is 9.94. The minimum atomic E-state index is -3.21. The van der Waals surface area contributed by atoms with Crippen LogP contribution in [0.1, 0.15) is 24.8 Å². The van der Waals surface area contributed by atoms with Gasteiger partial charge in [0.2, 0.25) is 21.9 Å². The van der Waals surface area contributed by atoms with Crippen molar-refractivity contribution in [2.24, 2.45) is 11.8 Å². The van der Waals surface area contributed by atoms with Crippen LogP contribution in [0.5, 0.6) is 11.6 Å². The summed E-state index contributed by atoms with van der Waals surface area (Å²) in [7, 11) is -3.21. The Morgan fingerprint density at radius 1 is 0.957 bits per heavy atom. The van der Waals surface area contributed by atoms with Crippen LogP contribution in [-0.2, 0) is 21.4 Å². The lowest BCUT2D eigenvalue weighted by Gasteiger charge is -2.34. The molecule has 246 valence electrons. The van der Waals surface area contributed by atoms with E-state index in [4.69, 9.17) is 38.0 Å². The van der Waals surface area contributed by atoms with Crippen molar-refractivity contribution in [3.63, 3.8) is 0 Å². The number of anilines is 1. The number of piperazine rings is 1. The zero-order valence-corrected chi connectivity index (χ0v) is 27.8. The van der Waals surface area contributed by atoms with Crippen LogP contribution in [0, 0.1) is 11.8 Å². The first kappa shape index (κ1) is 32.9. The van der Waals surface area contributed by atoms with Crippen LogP contribution >= 0.6 is 23.2 Å². The molecule has 3 atom stereocenters. The molecule has 2 saturated heterocycles. The van der Waals surface area contributed by atoms with Crippen LogP contribution in [0.15, 0.2) is 42.7 Å². The Balaban J connectivity index is 1.14. The molecule has 2 N–H and O–H groups in total. The first-order valence-electron chi connectivity index (χ1n) is 15.4. The molecular formula is C31H37Cl2N7O5S. The smallest absolute Gasteiger partial charge is 0.304 e. The van der Waals surface area contributed by atoms with E-state index < -0.39 is 16.0 Å². The monoisotopic (exact) mass is 689 g/mol. The number of aromatic nitrogens is 3. The van der Waals surface area contributed by atoms with Crippen LogP contribution in [0.4, 0.5) is 5.95 Å². The molecule has 3 aromatic rings. The molecule has 4 heterocycles. The van der Waals surface area contributed by atoms with Gasteiger partial charge in [-0.1, -0.05) is 23.2 Å². The first-order chi connectivity index (χ1) is 22.0. The van der Waals surface area contributed by atoms with Gasteiger partial charge in [0.15, 0.2) is 5.75 Å². The van der Waals surface area contributed by atoms with Crippen LogP contribution < -0.4 is 14.4 Å². The number of ether oxygens (including phenoxy) is 1. The third-order valence-electron chi connectivity index (χ3n) is 8.80. The van der Waals surface area contributed by atoms with E-state index in [0.29, 0.717) is 71.3 Å². The van der Waals surface area contributed by atoms with E-state index in [-0.39, 0.29) is 12.5 Å². The summed E-state index contributed by atoms with van der Waals surface area (Å²) < 4.78 is 32.4. The highest BCUT2D eigenvalue weighted by Gasteiger charge is 2.51. The summed E-state index contributed by atoms with van der Waals surface area (Å²) in [4.78, 5) is 31.3. The van der Waals surface area contributed by atoms with Gasteiger partial charge in [-0.2, -0.15) is 0 Å². The number of likely N-dealkylation sites (tertiary alicyclic amines) is 1. The molecule has 0 bridgehead atoms. The van der Waals surface area contributed by atoms with E-state index in [0.717, 1.165) is 50.1 Å². The van der Waals surface area contributed by atoms with Crippen molar-refractivity contribution < 1.29 is 23.1 Å². The van der Waals surface area contributed by atoms with Crippen molar-refractivity contribution >= 4 is 45.1 Å². The van der Waals surface area contributed by atoms with Gasteiger partial charge in [-0.15, -0.1) is 0 Å². The molecule has 12 nitrogen and oxygen atoms in total. The number of sulfonamides is 1. The molecule has 1 saturated carbocycles. The highest BCUT2D eigenvalue weighted by Crippen LogP contribution is 2.46. The van der Waals surface area contributed by atoms with E-state index in [1.54, 1.807) is 18.5 Å². The number of aliphatic carboxylic acids is 1. The SMILES string of the molecule is CS(=O)(=O)N[C@@H]1[C@@H]2CCN(Cc3cc(Oc4cnc(N5CCN(CCC(=O)O)CC5)nc4)nc(-c4cc(Cl)cc(Cl)c4)c3)CC[C@@H]21. The largest absolute Gasteiger partial charge is 0.481 e. The number of pyridine rings is 1. The number of benzene rings is 1. The maximum absolute atomic E-state index is 11.7. The maximum atomic E-state index is 11.7. The van der Waals surface area contributed by atoms with E-state index in [2.05, 4.69) is 29.4 Å². The van der Waals surface area contributed by atoms with Crippen molar-refractivity contribution in [2.75, 3.05) is 57.0 Å². The predicted molar refractivity (Wildman–Crippen MR) is 176 cm³/mol. The van der Waals surface area contributed by atoms with Gasteiger partial charge in [0.25, 0.3) is 0 Å². The second-order valence-electron chi connectivity index (χ2n) is 12.2. The zero-order valence-electron chi connectivity index (χ0n) is 25.5. The molecule has 0 spiro atoms. The number of nitrogens with one attached hydrogen (secondary N) is 1. The van der Waals surface area contributed by atoms with Gasteiger partial charge in [-0.3, -0.25) is 14.6 Å². The van der Waals surface area contributed by atoms with Crippen LogP contribution in [0.2, 0.25) is 10.0 Å². The molecule has 15 heteroatoms. The lowest BCUT2D eigenvalue weighted by atomic mass is 10.1. The van der Waals surface area contributed by atoms with Gasteiger partial charge in [-0.05, 0) is 67.6 Å². The second kappa shape index (κ2) is 14.0. The second-order valence-corrected chi connectivity index (χ2v) is 14.9. The van der Waals surface area contributed by atoms with Crippen molar-refractivity contribution in [3.05, 3.63) is 58.3 Å². The number of rotatable bonds is 11. The summed E-state index contributed by atoms with van der Waals surface area (Å²) in [5.41, 5.74) is 2.45. The molecule has 0 unspecified atom stereocenters. The van der Waals surface area contributed by atoms with Crippen molar-refractivity contribution in [3.8, 4) is 22.9 Å². The van der Waals surface area contributed by atoms with Gasteiger partial charge in [-0.25, -0.2) is 28.1 Å². The fourth-order valence-corrected chi connectivity index (χ4v) is 7.84. The highest BCUT2D eigenvalue weighted by molar-refractivity contribution is 7.88. The minimum Gasteiger partial charge on any atom is -0.481 e. The fourth-order valence-electron chi connectivity index (χ4n) is 6.47. The third kappa shape index (κ3) is 8.64. The Hall–Kier alpha value is -3.07. The van der Waals surface area contributed by atoms with Gasteiger partial charge in [0, 0.05) is 67.0 Å². The number of hydrogen-bond acceptors (Lipinski definition) is 10. The number of fused-ring (bicyclic) bond motifs is 1. The molecule has 0 amide bonds. The Bertz CT molecular complexity index is 1640. The minimum absolute atomic E-state index is 0.0549. The Morgan fingerprint density at radius 3 is 2.22 bits per heavy atom. The van der Waals surface area contributed by atoms with Gasteiger partial charge in [0.05, 0.1) is 30.8 Å². The Kier molecular flexibility index (Phi) is 9.97. The number of carboxylic acid groups (broad SMARTS) is 1. The average Bonchev–Trinajstić information content (AvgIpc) is 3.70. The van der Waals surface area contributed by atoms with E-state index >= 15 is 0 Å². The molecule has 2 aromatic heterocycles. The fraction of sp³-hybridized carbons (Fsp3) is 0.484. The lowest BCUT2D eigenvalue weighted by molar-refractivity contribution is -0.137. The maximum Gasteiger partial charge on any atom is 0.304 e. The normalized spacial score (nSPS) is 22.2. The molecule has 6 rings (SSSR count). The number of carboxylic acids is 1. The molecule has 1 aromatic carbocycles. The summed E-state index contributed by atoms with van der Waals surface area (Å²) in [6.45, 7) is 5.86. The van der Waals surface area contributed by atoms with Gasteiger partial charge >= 0.3 is 5.97 Å². The van der Waals surface area contributed by atoms with Gasteiger partial charge in [0.1, 0.15) is 0 Å². The predicted octanol–water partition coefficient (Wildman–Crippen LogP) is 3.99. The molecule has 46 heavy (non-hydrogen) atoms. The van der Waals surface area contributed by atoms with E-state index in [1.165, 1.54) is 6.26 Å². The standard InChI is InChI=1S/C31H37Cl2N7O5S/c1-46(43,44)37-30-25-2-5-39(6-3-26(25)30)19-20-12-27(21-14-22(32)16-23(33)15-21)36-28(13-20)45-24-17-34-31(35-18-24)40-10-8-38(9-11-40)7-4-29(41)42/h12-18,25-26,30,37H,2-11,19H2,1H3,(H,41,42)/t25-,26+,30-. The molecule has 0 radical (unpaired) electrons. The van der Waals surface area contributed by atoms with Crippen molar-refractivity contribution in [1.82, 2.24) is 29.5 Å². The number of nitrogens with zero attached hydrogens (tertiary/aromatic N) is 6. The van der Waals surface area contributed by atoms with Crippen LogP contribution in [-0.4, -0.2) is 102 Å². The summed E-state index contributed by atoms with van der Waals surface area (Å²) in [5, 5.41) is 9.96. The van der Waals surface area contributed by atoms with E-state index in [9.17, 15) is 13.2 Å². The number of hydrogen-bond donors (Lipinski definition) is 2. The molecule has 3 fully saturated rings. The molecule has 3 aliphatic rings. The molecular weight excluding hydrogens is 653 g/mol.